The molecule has 2 aliphatic heterocycles. The minimum Gasteiger partial charge on any atom is -0.493 e. The van der Waals surface area contributed by atoms with Crippen molar-refractivity contribution >= 4 is 22.7 Å². The molecule has 5 rings (SSSR count). The van der Waals surface area contributed by atoms with Crippen molar-refractivity contribution in [3.05, 3.63) is 59.3 Å². The molecule has 7 nitrogen and oxygen atoms in total. The standard InChI is InChI=1S/C27H31N3O4/c1-4-5-8-14-29-16-23(31)30-21(27(29)32)15-19-17-10-6-7-12-20(17)28-24(19)25(30)18-11-9-13-22(33-2)26(18)34-3/h6-7,9-13,21,25,28H,4-5,8,14-16H2,1-3H3/t21-,25-/m0/s1. The third-order valence-electron chi connectivity index (χ3n) is 7.10. The Morgan fingerprint density at radius 3 is 2.62 bits per heavy atom. The fourth-order valence-electron chi connectivity index (χ4n) is 5.52. The number of H-pyrrole nitrogens is 1. The highest BCUT2D eigenvalue weighted by molar-refractivity contribution is 5.97. The average molecular weight is 462 g/mol. The molecule has 0 aliphatic carbocycles. The highest BCUT2D eigenvalue weighted by atomic mass is 16.5. The van der Waals surface area contributed by atoms with E-state index in [2.05, 4.69) is 18.0 Å². The van der Waals surface area contributed by atoms with E-state index in [1.807, 2.05) is 36.4 Å². The Morgan fingerprint density at radius 1 is 1.03 bits per heavy atom. The lowest BCUT2D eigenvalue weighted by Crippen LogP contribution is -2.63. The molecular formula is C27H31N3O4. The molecule has 2 atom stereocenters. The van der Waals surface area contributed by atoms with Crippen LogP contribution < -0.4 is 9.47 Å². The van der Waals surface area contributed by atoms with Crippen LogP contribution >= 0.6 is 0 Å². The fraction of sp³-hybridized carbons (Fsp3) is 0.407. The second-order valence-corrected chi connectivity index (χ2v) is 9.04. The molecule has 2 amide bonds. The topological polar surface area (TPSA) is 74.9 Å². The SMILES string of the molecule is CCCCCN1CC(=O)N2[C@@H](c3cccc(OC)c3OC)c3[nH]c4ccccc4c3C[C@H]2C1=O. The van der Waals surface area contributed by atoms with E-state index in [1.54, 1.807) is 24.0 Å². The van der Waals surface area contributed by atoms with Gasteiger partial charge < -0.3 is 24.3 Å². The number of ether oxygens (including phenoxy) is 2. The Hall–Kier alpha value is -3.48. The van der Waals surface area contributed by atoms with Crippen molar-refractivity contribution in [2.24, 2.45) is 0 Å². The summed E-state index contributed by atoms with van der Waals surface area (Å²) in [6.45, 7) is 2.87. The first-order valence-corrected chi connectivity index (χ1v) is 12.0. The summed E-state index contributed by atoms with van der Waals surface area (Å²) in [6, 6.07) is 12.8. The number of methoxy groups -OCH3 is 2. The van der Waals surface area contributed by atoms with Crippen molar-refractivity contribution in [3.8, 4) is 11.5 Å². The molecule has 0 bridgehead atoms. The maximum atomic E-state index is 13.7. The molecule has 34 heavy (non-hydrogen) atoms. The number of nitrogens with zero attached hydrogens (tertiary/aromatic N) is 2. The van der Waals surface area contributed by atoms with E-state index >= 15 is 0 Å². The van der Waals surface area contributed by atoms with Crippen molar-refractivity contribution < 1.29 is 19.1 Å². The summed E-state index contributed by atoms with van der Waals surface area (Å²) in [6.07, 6.45) is 3.52. The van der Waals surface area contributed by atoms with Gasteiger partial charge in [-0.15, -0.1) is 0 Å². The second kappa shape index (κ2) is 9.05. The number of carbonyl (C=O) groups excluding carboxylic acids is 2. The van der Waals surface area contributed by atoms with Gasteiger partial charge in [-0.05, 0) is 24.1 Å². The van der Waals surface area contributed by atoms with Gasteiger partial charge in [0.15, 0.2) is 11.5 Å². The van der Waals surface area contributed by atoms with Gasteiger partial charge in [0.05, 0.1) is 20.8 Å². The molecule has 2 aromatic carbocycles. The van der Waals surface area contributed by atoms with Gasteiger partial charge in [0.2, 0.25) is 11.8 Å². The Bertz CT molecular complexity index is 1230. The van der Waals surface area contributed by atoms with Crippen molar-refractivity contribution in [1.29, 1.82) is 0 Å². The second-order valence-electron chi connectivity index (χ2n) is 9.04. The molecule has 0 unspecified atom stereocenters. The van der Waals surface area contributed by atoms with E-state index in [4.69, 9.17) is 9.47 Å². The van der Waals surface area contributed by atoms with E-state index in [0.717, 1.165) is 47.0 Å². The van der Waals surface area contributed by atoms with Crippen LogP contribution in [0.3, 0.4) is 0 Å². The van der Waals surface area contributed by atoms with Crippen LogP contribution in [-0.2, 0) is 16.0 Å². The van der Waals surface area contributed by atoms with Crippen molar-refractivity contribution in [3.63, 3.8) is 0 Å². The van der Waals surface area contributed by atoms with Crippen LogP contribution in [0.5, 0.6) is 11.5 Å². The van der Waals surface area contributed by atoms with Crippen LogP contribution in [-0.4, -0.2) is 59.9 Å². The summed E-state index contributed by atoms with van der Waals surface area (Å²) >= 11 is 0. The molecule has 3 aromatic rings. The average Bonchev–Trinajstić information content (AvgIpc) is 3.23. The maximum Gasteiger partial charge on any atom is 0.246 e. The van der Waals surface area contributed by atoms with Crippen molar-refractivity contribution in [1.82, 2.24) is 14.8 Å². The number of piperazine rings is 1. The Morgan fingerprint density at radius 2 is 1.85 bits per heavy atom. The third-order valence-corrected chi connectivity index (χ3v) is 7.10. The van der Waals surface area contributed by atoms with Gasteiger partial charge in [-0.1, -0.05) is 50.1 Å². The third kappa shape index (κ3) is 3.50. The number of benzene rings is 2. The quantitative estimate of drug-likeness (QED) is 0.539. The van der Waals surface area contributed by atoms with Crippen molar-refractivity contribution in [2.45, 2.75) is 44.7 Å². The maximum absolute atomic E-state index is 13.7. The minimum atomic E-state index is -0.546. The number of aromatic amines is 1. The first kappa shape index (κ1) is 22.3. The molecule has 178 valence electrons. The van der Waals surface area contributed by atoms with E-state index in [0.29, 0.717) is 24.5 Å². The van der Waals surface area contributed by atoms with Crippen LogP contribution in [0.1, 0.15) is 49.0 Å². The fourth-order valence-corrected chi connectivity index (χ4v) is 5.52. The number of unbranched alkanes of at least 4 members (excludes halogenated alkanes) is 2. The van der Waals surface area contributed by atoms with Gasteiger partial charge in [-0.2, -0.15) is 0 Å². The predicted molar refractivity (Wildman–Crippen MR) is 130 cm³/mol. The summed E-state index contributed by atoms with van der Waals surface area (Å²) in [5.41, 5.74) is 3.83. The van der Waals surface area contributed by atoms with Gasteiger partial charge in [0.1, 0.15) is 12.1 Å². The van der Waals surface area contributed by atoms with Crippen molar-refractivity contribution in [2.75, 3.05) is 27.3 Å². The monoisotopic (exact) mass is 461 g/mol. The lowest BCUT2D eigenvalue weighted by molar-refractivity contribution is -0.158. The summed E-state index contributed by atoms with van der Waals surface area (Å²) in [5, 5.41) is 1.09. The largest absolute Gasteiger partial charge is 0.493 e. The van der Waals surface area contributed by atoms with E-state index in [-0.39, 0.29) is 18.4 Å². The van der Waals surface area contributed by atoms with Gasteiger partial charge in [-0.25, -0.2) is 0 Å². The Kier molecular flexibility index (Phi) is 5.94. The molecule has 1 N–H and O–H groups in total. The van der Waals surface area contributed by atoms with Crippen LogP contribution in [0.15, 0.2) is 42.5 Å². The Balaban J connectivity index is 1.67. The van der Waals surface area contributed by atoms with Gasteiger partial charge in [0, 0.05) is 35.1 Å². The van der Waals surface area contributed by atoms with Gasteiger partial charge in [-0.3, -0.25) is 9.59 Å². The van der Waals surface area contributed by atoms with Crippen LogP contribution in [0.4, 0.5) is 0 Å². The van der Waals surface area contributed by atoms with E-state index in [1.165, 1.54) is 0 Å². The molecule has 0 spiro atoms. The number of nitrogens with one attached hydrogen (secondary N) is 1. The molecule has 1 aromatic heterocycles. The summed E-state index contributed by atoms with van der Waals surface area (Å²) in [4.78, 5) is 34.4. The number of hydrogen-bond acceptors (Lipinski definition) is 4. The number of rotatable bonds is 7. The van der Waals surface area contributed by atoms with E-state index < -0.39 is 12.1 Å². The van der Waals surface area contributed by atoms with E-state index in [9.17, 15) is 9.59 Å². The highest BCUT2D eigenvalue weighted by Crippen LogP contribution is 2.46. The number of hydrogen-bond donors (Lipinski definition) is 1. The number of para-hydroxylation sites is 2. The van der Waals surface area contributed by atoms with Gasteiger partial charge >= 0.3 is 0 Å². The molecule has 3 heterocycles. The number of aromatic nitrogens is 1. The first-order chi connectivity index (χ1) is 16.6. The lowest BCUT2D eigenvalue weighted by atomic mass is 9.85. The van der Waals surface area contributed by atoms with Gasteiger partial charge in [0.25, 0.3) is 0 Å². The molecule has 0 radical (unpaired) electrons. The zero-order valence-corrected chi connectivity index (χ0v) is 20.0. The predicted octanol–water partition coefficient (Wildman–Crippen LogP) is 4.06. The number of fused-ring (bicyclic) bond motifs is 4. The van der Waals surface area contributed by atoms with Crippen LogP contribution in [0.2, 0.25) is 0 Å². The first-order valence-electron chi connectivity index (χ1n) is 12.0. The number of carbonyl (C=O) groups is 2. The summed E-state index contributed by atoms with van der Waals surface area (Å²) < 4.78 is 11.3. The molecule has 1 fully saturated rings. The molecule has 7 heteroatoms. The van der Waals surface area contributed by atoms with Crippen LogP contribution in [0, 0.1) is 0 Å². The molecule has 2 aliphatic rings. The molecular weight excluding hydrogens is 430 g/mol. The Labute approximate surface area is 199 Å². The lowest BCUT2D eigenvalue weighted by Gasteiger charge is -2.47. The normalized spacial score (nSPS) is 19.9. The zero-order chi connectivity index (χ0) is 23.8. The smallest absolute Gasteiger partial charge is 0.246 e. The zero-order valence-electron chi connectivity index (χ0n) is 20.0. The minimum absolute atomic E-state index is 0.0264. The summed E-state index contributed by atoms with van der Waals surface area (Å²) in [7, 11) is 3.20. The highest BCUT2D eigenvalue weighted by Gasteiger charge is 2.48. The molecule has 1 saturated heterocycles. The van der Waals surface area contributed by atoms with Crippen LogP contribution in [0.25, 0.3) is 10.9 Å². The number of amides is 2. The summed E-state index contributed by atoms with van der Waals surface area (Å²) in [5.74, 6) is 1.15. The molecule has 0 saturated carbocycles.